The highest BCUT2D eigenvalue weighted by Gasteiger charge is 2.12. The normalized spacial score (nSPS) is 10.3. The second-order valence-corrected chi connectivity index (χ2v) is 6.78. The molecule has 2 N–H and O–H groups in total. The van der Waals surface area contributed by atoms with E-state index in [0.717, 1.165) is 18.4 Å². The van der Waals surface area contributed by atoms with E-state index in [9.17, 15) is 9.59 Å². The molecule has 0 bridgehead atoms. The van der Waals surface area contributed by atoms with Gasteiger partial charge in [-0.15, -0.1) is 0 Å². The minimum Gasteiger partial charge on any atom is -0.493 e. The van der Waals surface area contributed by atoms with E-state index in [4.69, 9.17) is 9.47 Å². The minimum absolute atomic E-state index is 0.0541. The molecule has 0 aromatic heterocycles. The fourth-order valence-corrected chi connectivity index (χ4v) is 2.82. The molecule has 0 aliphatic rings. The molecular weight excluding hydrogens is 368 g/mol. The number of ether oxygens (including phenoxy) is 2. The summed E-state index contributed by atoms with van der Waals surface area (Å²) in [7, 11) is 3.17. The van der Waals surface area contributed by atoms with Crippen LogP contribution >= 0.6 is 0 Å². The van der Waals surface area contributed by atoms with Gasteiger partial charge in [0.1, 0.15) is 0 Å². The molecule has 2 rings (SSSR count). The van der Waals surface area contributed by atoms with Gasteiger partial charge in [0.2, 0.25) is 5.91 Å². The number of methoxy groups -OCH3 is 1. The molecule has 0 atom stereocenters. The third kappa shape index (κ3) is 7.14. The van der Waals surface area contributed by atoms with Crippen LogP contribution in [0, 0.1) is 0 Å². The third-order valence-corrected chi connectivity index (χ3v) is 4.54. The Bertz CT molecular complexity index is 803. The lowest BCUT2D eigenvalue weighted by Gasteiger charge is -2.12. The van der Waals surface area contributed by atoms with Gasteiger partial charge < -0.3 is 20.1 Å². The van der Waals surface area contributed by atoms with Gasteiger partial charge in [-0.1, -0.05) is 38.3 Å². The second-order valence-electron chi connectivity index (χ2n) is 6.78. The zero-order chi connectivity index (χ0) is 21.1. The maximum Gasteiger partial charge on any atom is 0.255 e. The van der Waals surface area contributed by atoms with Crippen LogP contribution < -0.4 is 20.1 Å². The van der Waals surface area contributed by atoms with Crippen LogP contribution in [0.25, 0.3) is 0 Å². The number of benzene rings is 2. The maximum absolute atomic E-state index is 12.6. The fourth-order valence-electron chi connectivity index (χ4n) is 2.82. The predicted octanol–water partition coefficient (Wildman–Crippen LogP) is 4.20. The van der Waals surface area contributed by atoms with Crippen molar-refractivity contribution in [2.45, 2.75) is 39.0 Å². The zero-order valence-electron chi connectivity index (χ0n) is 17.4. The first-order valence-corrected chi connectivity index (χ1v) is 9.99. The Morgan fingerprint density at radius 2 is 1.72 bits per heavy atom. The lowest BCUT2D eigenvalue weighted by molar-refractivity contribution is -0.119. The van der Waals surface area contributed by atoms with Gasteiger partial charge in [-0.2, -0.15) is 0 Å². The Labute approximate surface area is 172 Å². The van der Waals surface area contributed by atoms with E-state index in [-0.39, 0.29) is 11.8 Å². The smallest absolute Gasteiger partial charge is 0.255 e. The highest BCUT2D eigenvalue weighted by atomic mass is 16.5. The van der Waals surface area contributed by atoms with Crippen molar-refractivity contribution in [1.82, 2.24) is 5.32 Å². The van der Waals surface area contributed by atoms with E-state index in [1.807, 2.05) is 12.1 Å². The van der Waals surface area contributed by atoms with E-state index in [1.54, 1.807) is 44.5 Å². The molecule has 2 aromatic rings. The van der Waals surface area contributed by atoms with Gasteiger partial charge in [0.15, 0.2) is 11.5 Å². The largest absolute Gasteiger partial charge is 0.493 e. The summed E-state index contributed by atoms with van der Waals surface area (Å²) in [6, 6.07) is 12.4. The molecule has 0 unspecified atom stereocenters. The van der Waals surface area contributed by atoms with Crippen molar-refractivity contribution >= 4 is 17.5 Å². The fraction of sp³-hybridized carbons (Fsp3) is 0.391. The van der Waals surface area contributed by atoms with Gasteiger partial charge in [-0.05, 0) is 42.3 Å². The van der Waals surface area contributed by atoms with Crippen LogP contribution in [0.2, 0.25) is 0 Å². The van der Waals surface area contributed by atoms with Crippen molar-refractivity contribution in [3.05, 3.63) is 53.6 Å². The van der Waals surface area contributed by atoms with E-state index in [1.165, 1.54) is 12.8 Å². The summed E-state index contributed by atoms with van der Waals surface area (Å²) < 4.78 is 11.2. The average Bonchev–Trinajstić information content (AvgIpc) is 2.74. The van der Waals surface area contributed by atoms with Gasteiger partial charge in [-0.25, -0.2) is 0 Å². The number of carbonyl (C=O) groups excluding carboxylic acids is 2. The summed E-state index contributed by atoms with van der Waals surface area (Å²) in [6.07, 6.45) is 4.83. The molecule has 0 saturated carbocycles. The van der Waals surface area contributed by atoms with Crippen LogP contribution in [-0.4, -0.2) is 32.6 Å². The van der Waals surface area contributed by atoms with Crippen molar-refractivity contribution in [2.24, 2.45) is 0 Å². The van der Waals surface area contributed by atoms with Crippen LogP contribution in [0.3, 0.4) is 0 Å². The Hall–Kier alpha value is -3.02. The van der Waals surface area contributed by atoms with Gasteiger partial charge in [0.25, 0.3) is 5.91 Å². The molecule has 29 heavy (non-hydrogen) atoms. The summed E-state index contributed by atoms with van der Waals surface area (Å²) in [6.45, 7) is 2.80. The van der Waals surface area contributed by atoms with Crippen LogP contribution in [0.5, 0.6) is 11.5 Å². The minimum atomic E-state index is -0.239. The Morgan fingerprint density at radius 1 is 0.966 bits per heavy atom. The maximum atomic E-state index is 12.6. The van der Waals surface area contributed by atoms with Crippen molar-refractivity contribution in [3.63, 3.8) is 0 Å². The molecule has 156 valence electrons. The number of amides is 2. The first-order valence-electron chi connectivity index (χ1n) is 9.99. The summed E-state index contributed by atoms with van der Waals surface area (Å²) in [4.78, 5) is 24.0. The highest BCUT2D eigenvalue weighted by Crippen LogP contribution is 2.28. The number of anilines is 1. The van der Waals surface area contributed by atoms with Crippen LogP contribution in [-0.2, 0) is 11.2 Å². The van der Waals surface area contributed by atoms with Crippen molar-refractivity contribution < 1.29 is 19.1 Å². The predicted molar refractivity (Wildman–Crippen MR) is 115 cm³/mol. The molecule has 2 amide bonds. The van der Waals surface area contributed by atoms with E-state index >= 15 is 0 Å². The molecule has 0 aliphatic heterocycles. The molecule has 6 nitrogen and oxygen atoms in total. The molecular formula is C23H30N2O4. The SMILES string of the molecule is CCCCCCOc1ccc(C(=O)Nc2ccc(CC(=O)NC)cc2)cc1OC. The van der Waals surface area contributed by atoms with Gasteiger partial charge >= 0.3 is 0 Å². The second kappa shape index (κ2) is 11.7. The molecule has 0 fully saturated rings. The third-order valence-electron chi connectivity index (χ3n) is 4.54. The Kier molecular flexibility index (Phi) is 9.02. The Morgan fingerprint density at radius 3 is 2.38 bits per heavy atom. The van der Waals surface area contributed by atoms with Crippen molar-refractivity contribution in [1.29, 1.82) is 0 Å². The van der Waals surface area contributed by atoms with Gasteiger partial charge in [-0.3, -0.25) is 9.59 Å². The molecule has 0 spiro atoms. The standard InChI is InChI=1S/C23H30N2O4/c1-4-5-6-7-14-29-20-13-10-18(16-21(20)28-3)23(27)25-19-11-8-17(9-12-19)15-22(26)24-2/h8-13,16H,4-7,14-15H2,1-3H3,(H,24,26)(H,25,27). The molecule has 0 heterocycles. The lowest BCUT2D eigenvalue weighted by Crippen LogP contribution is -2.19. The van der Waals surface area contributed by atoms with E-state index in [2.05, 4.69) is 17.6 Å². The van der Waals surface area contributed by atoms with Crippen LogP contribution in [0.15, 0.2) is 42.5 Å². The number of hydrogen-bond donors (Lipinski definition) is 2. The van der Waals surface area contributed by atoms with Crippen LogP contribution in [0.1, 0.15) is 48.5 Å². The molecule has 2 aromatic carbocycles. The van der Waals surface area contributed by atoms with Crippen LogP contribution in [0.4, 0.5) is 5.69 Å². The number of rotatable bonds is 11. The topological polar surface area (TPSA) is 76.7 Å². The summed E-state index contributed by atoms with van der Waals surface area (Å²) in [5.74, 6) is 0.881. The highest BCUT2D eigenvalue weighted by molar-refractivity contribution is 6.04. The van der Waals surface area contributed by atoms with E-state index < -0.39 is 0 Å². The number of nitrogens with one attached hydrogen (secondary N) is 2. The quantitative estimate of drug-likeness (QED) is 0.556. The van der Waals surface area contributed by atoms with Crippen molar-refractivity contribution in [3.8, 4) is 11.5 Å². The summed E-state index contributed by atoms with van der Waals surface area (Å²) in [5, 5.41) is 5.44. The average molecular weight is 399 g/mol. The number of unbranched alkanes of at least 4 members (excludes halogenated alkanes) is 3. The number of carbonyl (C=O) groups is 2. The van der Waals surface area contributed by atoms with Gasteiger partial charge in [0, 0.05) is 18.3 Å². The first-order chi connectivity index (χ1) is 14.1. The molecule has 0 aliphatic carbocycles. The first kappa shape index (κ1) is 22.3. The lowest BCUT2D eigenvalue weighted by atomic mass is 10.1. The molecule has 0 radical (unpaired) electrons. The van der Waals surface area contributed by atoms with Gasteiger partial charge in [0.05, 0.1) is 20.1 Å². The number of hydrogen-bond acceptors (Lipinski definition) is 4. The summed E-state index contributed by atoms with van der Waals surface area (Å²) >= 11 is 0. The number of likely N-dealkylation sites (N-methyl/N-ethyl adjacent to an activating group) is 1. The summed E-state index contributed by atoms with van der Waals surface area (Å²) in [5.41, 5.74) is 2.02. The zero-order valence-corrected chi connectivity index (χ0v) is 17.4. The molecule has 0 saturated heterocycles. The monoisotopic (exact) mass is 398 g/mol. The van der Waals surface area contributed by atoms with E-state index in [0.29, 0.717) is 35.8 Å². The van der Waals surface area contributed by atoms with Crippen molar-refractivity contribution in [2.75, 3.05) is 26.1 Å². The Balaban J connectivity index is 1.97. The molecule has 6 heteroatoms.